The van der Waals surface area contributed by atoms with E-state index in [2.05, 4.69) is 22.3 Å². The lowest BCUT2D eigenvalue weighted by molar-refractivity contribution is 0.569. The van der Waals surface area contributed by atoms with E-state index >= 15 is 0 Å². The van der Waals surface area contributed by atoms with E-state index in [-0.39, 0.29) is 6.04 Å². The summed E-state index contributed by atoms with van der Waals surface area (Å²) >= 11 is 0. The molecular formula is C12H19N5. The number of hydrogen-bond acceptors (Lipinski definition) is 3. The molecule has 0 amide bonds. The van der Waals surface area contributed by atoms with E-state index in [0.717, 1.165) is 18.7 Å². The van der Waals surface area contributed by atoms with Crippen LogP contribution < -0.4 is 5.32 Å². The van der Waals surface area contributed by atoms with E-state index in [0.29, 0.717) is 0 Å². The van der Waals surface area contributed by atoms with Crippen LogP contribution in [0.4, 0.5) is 0 Å². The van der Waals surface area contributed by atoms with Gasteiger partial charge in [0.05, 0.1) is 30.5 Å². The molecule has 0 spiro atoms. The Morgan fingerprint density at radius 1 is 1.35 bits per heavy atom. The van der Waals surface area contributed by atoms with E-state index in [1.54, 1.807) is 0 Å². The van der Waals surface area contributed by atoms with Crippen molar-refractivity contribution < 1.29 is 0 Å². The summed E-state index contributed by atoms with van der Waals surface area (Å²) in [5.74, 6) is 0. The van der Waals surface area contributed by atoms with E-state index in [1.807, 2.05) is 48.3 Å². The molecule has 2 aromatic heterocycles. The first-order valence-electron chi connectivity index (χ1n) is 5.90. The van der Waals surface area contributed by atoms with Gasteiger partial charge in [-0.3, -0.25) is 4.68 Å². The van der Waals surface area contributed by atoms with Gasteiger partial charge in [-0.1, -0.05) is 6.92 Å². The quantitative estimate of drug-likeness (QED) is 0.845. The molecule has 5 nitrogen and oxygen atoms in total. The zero-order valence-electron chi connectivity index (χ0n) is 10.6. The van der Waals surface area contributed by atoms with Crippen molar-refractivity contribution >= 4 is 0 Å². The van der Waals surface area contributed by atoms with E-state index in [4.69, 9.17) is 0 Å². The van der Waals surface area contributed by atoms with Crippen LogP contribution in [0.2, 0.25) is 0 Å². The molecule has 5 heteroatoms. The molecule has 92 valence electrons. The zero-order chi connectivity index (χ0) is 12.3. The molecule has 2 rings (SSSR count). The summed E-state index contributed by atoms with van der Waals surface area (Å²) in [6, 6.07) is 0.163. The van der Waals surface area contributed by atoms with Gasteiger partial charge in [0.15, 0.2) is 0 Å². The molecule has 2 aromatic rings. The molecule has 0 saturated carbocycles. The minimum Gasteiger partial charge on any atom is -0.336 e. The normalized spacial score (nSPS) is 12.9. The van der Waals surface area contributed by atoms with Crippen molar-refractivity contribution in [3.8, 4) is 0 Å². The largest absolute Gasteiger partial charge is 0.336 e. The van der Waals surface area contributed by atoms with Crippen molar-refractivity contribution in [3.05, 3.63) is 36.2 Å². The zero-order valence-corrected chi connectivity index (χ0v) is 10.6. The first kappa shape index (κ1) is 11.9. The Hall–Kier alpha value is -1.62. The SMILES string of the molecule is CCCNC(c1cnn(C)c1)c1cncn1C. The van der Waals surface area contributed by atoms with Gasteiger partial charge < -0.3 is 9.88 Å². The van der Waals surface area contributed by atoms with Gasteiger partial charge in [-0.2, -0.15) is 5.10 Å². The van der Waals surface area contributed by atoms with E-state index < -0.39 is 0 Å². The monoisotopic (exact) mass is 233 g/mol. The van der Waals surface area contributed by atoms with Crippen molar-refractivity contribution in [2.75, 3.05) is 6.54 Å². The summed E-state index contributed by atoms with van der Waals surface area (Å²) in [7, 11) is 3.95. The molecule has 0 aliphatic heterocycles. The molecule has 0 aromatic carbocycles. The van der Waals surface area contributed by atoms with Gasteiger partial charge in [0.2, 0.25) is 0 Å². The second kappa shape index (κ2) is 5.14. The van der Waals surface area contributed by atoms with Gasteiger partial charge >= 0.3 is 0 Å². The maximum Gasteiger partial charge on any atom is 0.0946 e. The van der Waals surface area contributed by atoms with Crippen LogP contribution in [-0.2, 0) is 14.1 Å². The second-order valence-corrected chi connectivity index (χ2v) is 4.26. The highest BCUT2D eigenvalue weighted by molar-refractivity contribution is 5.22. The Balaban J connectivity index is 2.28. The molecule has 1 atom stereocenters. The maximum atomic E-state index is 4.23. The van der Waals surface area contributed by atoms with E-state index in [9.17, 15) is 0 Å². The number of aromatic nitrogens is 4. The Morgan fingerprint density at radius 2 is 2.18 bits per heavy atom. The molecule has 0 saturated heterocycles. The average molecular weight is 233 g/mol. The van der Waals surface area contributed by atoms with Crippen molar-refractivity contribution in [1.29, 1.82) is 0 Å². The number of hydrogen-bond donors (Lipinski definition) is 1. The lowest BCUT2D eigenvalue weighted by Gasteiger charge is -2.17. The fourth-order valence-electron chi connectivity index (χ4n) is 1.92. The first-order chi connectivity index (χ1) is 8.22. The topological polar surface area (TPSA) is 47.7 Å². The standard InChI is InChI=1S/C12H19N5/c1-4-5-14-12(10-6-15-17(3)8-10)11-7-13-9-16(11)2/h6-9,12,14H,4-5H2,1-3H3. The van der Waals surface area contributed by atoms with Crippen LogP contribution in [0.5, 0.6) is 0 Å². The lowest BCUT2D eigenvalue weighted by atomic mass is 10.1. The average Bonchev–Trinajstić information content (AvgIpc) is 2.90. The van der Waals surface area contributed by atoms with Gasteiger partial charge in [0.25, 0.3) is 0 Å². The molecule has 0 radical (unpaired) electrons. The minimum atomic E-state index is 0.163. The van der Waals surface area contributed by atoms with Gasteiger partial charge in [-0.05, 0) is 13.0 Å². The Kier molecular flexibility index (Phi) is 3.58. The Bertz CT molecular complexity index is 471. The number of imidazole rings is 1. The molecule has 1 unspecified atom stereocenters. The summed E-state index contributed by atoms with van der Waals surface area (Å²) in [5, 5.41) is 7.76. The van der Waals surface area contributed by atoms with Crippen LogP contribution in [-0.4, -0.2) is 25.9 Å². The number of aryl methyl sites for hydroxylation is 2. The highest BCUT2D eigenvalue weighted by Crippen LogP contribution is 2.20. The predicted molar refractivity (Wildman–Crippen MR) is 66.6 cm³/mol. The van der Waals surface area contributed by atoms with Crippen molar-refractivity contribution in [2.24, 2.45) is 14.1 Å². The lowest BCUT2D eigenvalue weighted by Crippen LogP contribution is -2.24. The molecule has 2 heterocycles. The predicted octanol–water partition coefficient (Wildman–Crippen LogP) is 1.24. The van der Waals surface area contributed by atoms with Crippen LogP contribution >= 0.6 is 0 Å². The Morgan fingerprint density at radius 3 is 2.71 bits per heavy atom. The van der Waals surface area contributed by atoms with Crippen LogP contribution in [0.3, 0.4) is 0 Å². The van der Waals surface area contributed by atoms with Gasteiger partial charge in [0.1, 0.15) is 0 Å². The second-order valence-electron chi connectivity index (χ2n) is 4.26. The number of nitrogens with one attached hydrogen (secondary N) is 1. The van der Waals surface area contributed by atoms with Gasteiger partial charge in [-0.25, -0.2) is 4.98 Å². The highest BCUT2D eigenvalue weighted by atomic mass is 15.2. The molecule has 0 bridgehead atoms. The minimum absolute atomic E-state index is 0.163. The van der Waals surface area contributed by atoms with Crippen LogP contribution in [0.1, 0.15) is 30.6 Å². The third-order valence-electron chi connectivity index (χ3n) is 2.81. The molecular weight excluding hydrogens is 214 g/mol. The fraction of sp³-hybridized carbons (Fsp3) is 0.500. The van der Waals surface area contributed by atoms with Crippen molar-refractivity contribution in [1.82, 2.24) is 24.6 Å². The number of nitrogens with zero attached hydrogens (tertiary/aromatic N) is 4. The molecule has 1 N–H and O–H groups in total. The molecule has 0 aliphatic rings. The van der Waals surface area contributed by atoms with Crippen molar-refractivity contribution in [3.63, 3.8) is 0 Å². The molecule has 17 heavy (non-hydrogen) atoms. The first-order valence-corrected chi connectivity index (χ1v) is 5.90. The Labute approximate surface area is 101 Å². The van der Waals surface area contributed by atoms with E-state index in [1.165, 1.54) is 5.56 Å². The summed E-state index contributed by atoms with van der Waals surface area (Å²) in [5.41, 5.74) is 2.33. The number of rotatable bonds is 5. The summed E-state index contributed by atoms with van der Waals surface area (Å²) in [6.07, 6.45) is 8.78. The van der Waals surface area contributed by atoms with Gasteiger partial charge in [0, 0.05) is 25.9 Å². The smallest absolute Gasteiger partial charge is 0.0946 e. The molecule has 0 aliphatic carbocycles. The third-order valence-corrected chi connectivity index (χ3v) is 2.81. The fourth-order valence-corrected chi connectivity index (χ4v) is 1.92. The summed E-state index contributed by atoms with van der Waals surface area (Å²) in [4.78, 5) is 4.18. The van der Waals surface area contributed by atoms with Crippen LogP contribution in [0.25, 0.3) is 0 Å². The summed E-state index contributed by atoms with van der Waals surface area (Å²) in [6.45, 7) is 3.14. The van der Waals surface area contributed by atoms with Gasteiger partial charge in [-0.15, -0.1) is 0 Å². The van der Waals surface area contributed by atoms with Crippen LogP contribution in [0.15, 0.2) is 24.9 Å². The van der Waals surface area contributed by atoms with Crippen molar-refractivity contribution in [2.45, 2.75) is 19.4 Å². The summed E-state index contributed by atoms with van der Waals surface area (Å²) < 4.78 is 3.87. The maximum absolute atomic E-state index is 4.23. The third kappa shape index (κ3) is 2.55. The van der Waals surface area contributed by atoms with Crippen LogP contribution in [0, 0.1) is 0 Å². The molecule has 0 fully saturated rings. The highest BCUT2D eigenvalue weighted by Gasteiger charge is 2.17.